The quantitative estimate of drug-likeness (QED) is 0.710. The molecule has 1 heterocycles. The Balaban J connectivity index is 2.11. The molecule has 1 aliphatic rings. The Morgan fingerprint density at radius 1 is 1.18 bits per heavy atom. The fourth-order valence-corrected chi connectivity index (χ4v) is 2.51. The lowest BCUT2D eigenvalue weighted by atomic mass is 10.1. The summed E-state index contributed by atoms with van der Waals surface area (Å²) >= 11 is 5.56. The number of rotatable bonds is 1. The van der Waals surface area contributed by atoms with Crippen LogP contribution in [-0.4, -0.2) is 35.2 Å². The molecule has 0 spiro atoms. The van der Waals surface area contributed by atoms with E-state index in [1.807, 2.05) is 0 Å². The first-order valence-electron chi connectivity index (χ1n) is 6.07. The van der Waals surface area contributed by atoms with Crippen LogP contribution in [0.25, 0.3) is 0 Å². The highest BCUT2D eigenvalue weighted by Gasteiger charge is 2.24. The van der Waals surface area contributed by atoms with Crippen molar-refractivity contribution < 1.29 is 4.74 Å². The van der Waals surface area contributed by atoms with E-state index in [-0.39, 0.29) is 12.2 Å². The van der Waals surface area contributed by atoms with Crippen molar-refractivity contribution in [2.75, 3.05) is 13.1 Å². The molecule has 3 heteroatoms. The molecule has 0 amide bonds. The smallest absolute Gasteiger partial charge is 0.109 e. The predicted molar refractivity (Wildman–Crippen MR) is 74.5 cm³/mol. The molecular weight excluding hydrogens is 230 g/mol. The summed E-state index contributed by atoms with van der Waals surface area (Å²) < 4.78 is 5.72. The van der Waals surface area contributed by atoms with Crippen molar-refractivity contribution >= 4 is 17.2 Å². The van der Waals surface area contributed by atoms with Gasteiger partial charge in [-0.3, -0.25) is 0 Å². The fraction of sp³-hybridized carbons (Fsp3) is 0.500. The van der Waals surface area contributed by atoms with Gasteiger partial charge in [0.15, 0.2) is 0 Å². The molecule has 0 radical (unpaired) electrons. The number of nitrogens with zero attached hydrogens (tertiary/aromatic N) is 1. The molecule has 0 aromatic heterocycles. The third kappa shape index (κ3) is 3.05. The van der Waals surface area contributed by atoms with Crippen molar-refractivity contribution in [1.82, 2.24) is 4.90 Å². The summed E-state index contributed by atoms with van der Waals surface area (Å²) in [6.07, 6.45) is 0.504. The summed E-state index contributed by atoms with van der Waals surface area (Å²) in [4.78, 5) is 3.19. The number of thiocarbonyl (C=S) groups is 1. The van der Waals surface area contributed by atoms with Crippen molar-refractivity contribution in [3.8, 4) is 0 Å². The molecule has 1 aromatic rings. The number of morpholine rings is 1. The summed E-state index contributed by atoms with van der Waals surface area (Å²) in [5.74, 6) is 0. The Morgan fingerprint density at radius 3 is 2.24 bits per heavy atom. The normalized spacial score (nSPS) is 24.8. The van der Waals surface area contributed by atoms with E-state index in [1.54, 1.807) is 0 Å². The molecule has 1 aliphatic heterocycles. The first-order chi connectivity index (χ1) is 8.06. The molecule has 1 saturated heterocycles. The minimum absolute atomic E-state index is 0.252. The van der Waals surface area contributed by atoms with Gasteiger partial charge in [-0.25, -0.2) is 0 Å². The molecule has 0 N–H and O–H groups in total. The van der Waals surface area contributed by atoms with Gasteiger partial charge in [-0.15, -0.1) is 0 Å². The third-order valence-electron chi connectivity index (χ3n) is 3.01. The van der Waals surface area contributed by atoms with Crippen LogP contribution in [0.15, 0.2) is 24.3 Å². The van der Waals surface area contributed by atoms with Crippen molar-refractivity contribution in [2.45, 2.75) is 33.0 Å². The third-order valence-corrected chi connectivity index (χ3v) is 3.50. The zero-order chi connectivity index (χ0) is 12.4. The van der Waals surface area contributed by atoms with Gasteiger partial charge >= 0.3 is 0 Å². The number of hydrogen-bond acceptors (Lipinski definition) is 2. The van der Waals surface area contributed by atoms with E-state index in [9.17, 15) is 0 Å². The molecule has 2 unspecified atom stereocenters. The first kappa shape index (κ1) is 12.5. The highest BCUT2D eigenvalue weighted by molar-refractivity contribution is 7.80. The molecule has 2 rings (SSSR count). The standard InChI is InChI=1S/C14H19NOS/c1-10-4-6-13(7-5-10)14(17)15-8-11(2)16-12(3)9-15/h4-7,11-12H,8-9H2,1-3H3. The monoisotopic (exact) mass is 249 g/mol. The maximum absolute atomic E-state index is 5.72. The van der Waals surface area contributed by atoms with E-state index in [1.165, 1.54) is 5.56 Å². The Morgan fingerprint density at radius 2 is 1.71 bits per heavy atom. The van der Waals surface area contributed by atoms with Crippen LogP contribution in [0.5, 0.6) is 0 Å². The summed E-state index contributed by atoms with van der Waals surface area (Å²) in [6, 6.07) is 8.41. The van der Waals surface area contributed by atoms with Crippen LogP contribution in [0.3, 0.4) is 0 Å². The number of hydrogen-bond donors (Lipinski definition) is 0. The van der Waals surface area contributed by atoms with E-state index >= 15 is 0 Å². The van der Waals surface area contributed by atoms with Crippen LogP contribution < -0.4 is 0 Å². The largest absolute Gasteiger partial charge is 0.372 e. The molecule has 1 fully saturated rings. The lowest BCUT2D eigenvalue weighted by Gasteiger charge is -2.37. The second-order valence-electron chi connectivity index (χ2n) is 4.83. The highest BCUT2D eigenvalue weighted by atomic mass is 32.1. The predicted octanol–water partition coefficient (Wildman–Crippen LogP) is 2.78. The van der Waals surface area contributed by atoms with Crippen LogP contribution in [0, 0.1) is 6.92 Å². The van der Waals surface area contributed by atoms with Gasteiger partial charge in [0.25, 0.3) is 0 Å². The molecule has 2 atom stereocenters. The zero-order valence-electron chi connectivity index (χ0n) is 10.6. The van der Waals surface area contributed by atoms with Gasteiger partial charge in [-0.2, -0.15) is 0 Å². The lowest BCUT2D eigenvalue weighted by molar-refractivity contribution is -0.0472. The van der Waals surface area contributed by atoms with Gasteiger partial charge in [-0.05, 0) is 20.8 Å². The summed E-state index contributed by atoms with van der Waals surface area (Å²) in [5, 5.41) is 0. The highest BCUT2D eigenvalue weighted by Crippen LogP contribution is 2.15. The Labute approximate surface area is 109 Å². The van der Waals surface area contributed by atoms with Crippen molar-refractivity contribution in [3.05, 3.63) is 35.4 Å². The van der Waals surface area contributed by atoms with E-state index in [2.05, 4.69) is 49.9 Å². The second-order valence-corrected chi connectivity index (χ2v) is 5.22. The van der Waals surface area contributed by atoms with E-state index < -0.39 is 0 Å². The molecule has 0 saturated carbocycles. The zero-order valence-corrected chi connectivity index (χ0v) is 11.5. The summed E-state index contributed by atoms with van der Waals surface area (Å²) in [7, 11) is 0. The lowest BCUT2D eigenvalue weighted by Crippen LogP contribution is -2.47. The average Bonchev–Trinajstić information content (AvgIpc) is 2.28. The van der Waals surface area contributed by atoms with Crippen molar-refractivity contribution in [1.29, 1.82) is 0 Å². The Hall–Kier alpha value is -0.930. The van der Waals surface area contributed by atoms with Crippen LogP contribution in [0.2, 0.25) is 0 Å². The summed E-state index contributed by atoms with van der Waals surface area (Å²) in [6.45, 7) is 8.06. The number of aryl methyl sites for hydroxylation is 1. The maximum Gasteiger partial charge on any atom is 0.109 e. The van der Waals surface area contributed by atoms with Gasteiger partial charge < -0.3 is 9.64 Å². The van der Waals surface area contributed by atoms with Crippen LogP contribution in [0.1, 0.15) is 25.0 Å². The van der Waals surface area contributed by atoms with Gasteiger partial charge in [0.05, 0.1) is 12.2 Å². The molecular formula is C14H19NOS. The molecule has 0 bridgehead atoms. The van der Waals surface area contributed by atoms with E-state index in [4.69, 9.17) is 17.0 Å². The Kier molecular flexibility index (Phi) is 3.79. The van der Waals surface area contributed by atoms with Crippen molar-refractivity contribution in [3.63, 3.8) is 0 Å². The molecule has 2 nitrogen and oxygen atoms in total. The SMILES string of the molecule is Cc1ccc(C(=S)N2CC(C)OC(C)C2)cc1. The van der Waals surface area contributed by atoms with Gasteiger partial charge in [0, 0.05) is 18.7 Å². The number of benzene rings is 1. The maximum atomic E-state index is 5.72. The second kappa shape index (κ2) is 5.15. The minimum Gasteiger partial charge on any atom is -0.372 e. The van der Waals surface area contributed by atoms with Gasteiger partial charge in [0.1, 0.15) is 4.99 Å². The van der Waals surface area contributed by atoms with Gasteiger partial charge in [0.2, 0.25) is 0 Å². The molecule has 0 aliphatic carbocycles. The Bertz CT molecular complexity index is 391. The van der Waals surface area contributed by atoms with Crippen LogP contribution >= 0.6 is 12.2 Å². The van der Waals surface area contributed by atoms with Gasteiger partial charge in [-0.1, -0.05) is 42.0 Å². The first-order valence-corrected chi connectivity index (χ1v) is 6.48. The van der Waals surface area contributed by atoms with E-state index in [0.29, 0.717) is 0 Å². The topological polar surface area (TPSA) is 12.5 Å². The molecule has 92 valence electrons. The minimum atomic E-state index is 0.252. The number of ether oxygens (including phenoxy) is 1. The summed E-state index contributed by atoms with van der Waals surface area (Å²) in [5.41, 5.74) is 2.40. The van der Waals surface area contributed by atoms with Crippen LogP contribution in [0.4, 0.5) is 0 Å². The molecule has 1 aromatic carbocycles. The van der Waals surface area contributed by atoms with E-state index in [0.717, 1.165) is 23.6 Å². The molecule has 17 heavy (non-hydrogen) atoms. The average molecular weight is 249 g/mol. The van der Waals surface area contributed by atoms with Crippen molar-refractivity contribution in [2.24, 2.45) is 0 Å². The fourth-order valence-electron chi connectivity index (χ4n) is 2.22. The van der Waals surface area contributed by atoms with Crippen LogP contribution in [-0.2, 0) is 4.74 Å².